The van der Waals surface area contributed by atoms with Crippen molar-refractivity contribution in [1.82, 2.24) is 15.1 Å². The highest BCUT2D eigenvalue weighted by atomic mass is 19.4. The number of benzene rings is 1. The summed E-state index contributed by atoms with van der Waals surface area (Å²) in [5.74, 6) is -1.66. The average Bonchev–Trinajstić information content (AvgIpc) is 3.35. The van der Waals surface area contributed by atoms with Crippen LogP contribution in [0.1, 0.15) is 30.3 Å². The van der Waals surface area contributed by atoms with Crippen LogP contribution in [0.5, 0.6) is 0 Å². The van der Waals surface area contributed by atoms with Gasteiger partial charge in [-0.2, -0.15) is 18.3 Å². The number of hydrogen-bond donors (Lipinski definition) is 1. The van der Waals surface area contributed by atoms with E-state index in [9.17, 15) is 22.8 Å². The van der Waals surface area contributed by atoms with Crippen LogP contribution >= 0.6 is 0 Å². The quantitative estimate of drug-likeness (QED) is 0.795. The molecule has 1 aliphatic carbocycles. The van der Waals surface area contributed by atoms with Gasteiger partial charge in [0.05, 0.1) is 5.52 Å². The lowest BCUT2D eigenvalue weighted by Gasteiger charge is -2.30. The Morgan fingerprint density at radius 1 is 1.35 bits per heavy atom. The summed E-state index contributed by atoms with van der Waals surface area (Å²) >= 11 is 0. The van der Waals surface area contributed by atoms with Crippen molar-refractivity contribution >= 4 is 22.8 Å². The van der Waals surface area contributed by atoms with Crippen LogP contribution < -0.4 is 0 Å². The maximum absolute atomic E-state index is 12.8. The molecule has 9 heteroatoms. The summed E-state index contributed by atoms with van der Waals surface area (Å²) in [5.41, 5.74) is 0.609. The zero-order chi connectivity index (χ0) is 18.9. The van der Waals surface area contributed by atoms with Crippen LogP contribution in [0.4, 0.5) is 13.2 Å². The summed E-state index contributed by atoms with van der Waals surface area (Å²) in [6.07, 6.45) is -2.93. The summed E-state index contributed by atoms with van der Waals surface area (Å²) in [7, 11) is 0. The average molecular weight is 369 g/mol. The van der Waals surface area contributed by atoms with E-state index in [1.54, 1.807) is 31.2 Å². The number of ether oxygens (including phenoxy) is 1. The lowest BCUT2D eigenvalue weighted by Crippen LogP contribution is -2.47. The maximum Gasteiger partial charge on any atom is 0.406 e. The molecule has 1 N–H and O–H groups in total. The smallest absolute Gasteiger partial charge is 0.406 e. The maximum atomic E-state index is 12.8. The lowest BCUT2D eigenvalue weighted by atomic mass is 10.2. The van der Waals surface area contributed by atoms with Gasteiger partial charge >= 0.3 is 12.1 Å². The number of hydrogen-bond acceptors (Lipinski definition) is 4. The van der Waals surface area contributed by atoms with Crippen LogP contribution in [-0.2, 0) is 9.53 Å². The van der Waals surface area contributed by atoms with Gasteiger partial charge in [0.2, 0.25) is 0 Å². The van der Waals surface area contributed by atoms with E-state index in [4.69, 9.17) is 4.74 Å². The van der Waals surface area contributed by atoms with E-state index in [2.05, 4.69) is 10.2 Å². The molecule has 0 unspecified atom stereocenters. The van der Waals surface area contributed by atoms with Crippen LogP contribution in [0.3, 0.4) is 0 Å². The Balaban J connectivity index is 1.66. The van der Waals surface area contributed by atoms with Gasteiger partial charge in [-0.15, -0.1) is 0 Å². The summed E-state index contributed by atoms with van der Waals surface area (Å²) in [4.78, 5) is 25.1. The number of aromatic amines is 1. The van der Waals surface area contributed by atoms with Crippen molar-refractivity contribution < 1.29 is 27.5 Å². The third-order valence-corrected chi connectivity index (χ3v) is 4.46. The number of aromatic nitrogens is 2. The van der Waals surface area contributed by atoms with Crippen molar-refractivity contribution in [2.45, 2.75) is 32.0 Å². The zero-order valence-corrected chi connectivity index (χ0v) is 14.0. The number of nitrogens with zero attached hydrogens (tertiary/aromatic N) is 2. The molecule has 0 bridgehead atoms. The van der Waals surface area contributed by atoms with Crippen molar-refractivity contribution in [2.75, 3.05) is 13.2 Å². The highest BCUT2D eigenvalue weighted by molar-refractivity contribution is 6.02. The number of esters is 1. The van der Waals surface area contributed by atoms with Crippen LogP contribution in [0.2, 0.25) is 0 Å². The van der Waals surface area contributed by atoms with Crippen LogP contribution in [0.25, 0.3) is 10.9 Å². The largest absolute Gasteiger partial charge is 0.451 e. The van der Waals surface area contributed by atoms with E-state index in [-0.39, 0.29) is 11.6 Å². The van der Waals surface area contributed by atoms with Crippen molar-refractivity contribution in [3.8, 4) is 0 Å². The van der Waals surface area contributed by atoms with E-state index in [0.717, 1.165) is 17.7 Å². The third-order valence-electron chi connectivity index (χ3n) is 4.46. The van der Waals surface area contributed by atoms with Gasteiger partial charge in [0.25, 0.3) is 5.91 Å². The van der Waals surface area contributed by atoms with Crippen molar-refractivity contribution in [3.63, 3.8) is 0 Å². The first-order valence-corrected chi connectivity index (χ1v) is 8.22. The molecule has 26 heavy (non-hydrogen) atoms. The minimum absolute atomic E-state index is 0.00832. The second-order valence-corrected chi connectivity index (χ2v) is 6.41. The number of carbonyl (C=O) groups is 2. The molecule has 6 nitrogen and oxygen atoms in total. The van der Waals surface area contributed by atoms with Crippen molar-refractivity contribution in [1.29, 1.82) is 0 Å². The number of rotatable bonds is 6. The number of amides is 1. The van der Waals surface area contributed by atoms with Gasteiger partial charge in [-0.3, -0.25) is 9.89 Å². The highest BCUT2D eigenvalue weighted by Gasteiger charge is 2.40. The van der Waals surface area contributed by atoms with E-state index in [1.165, 1.54) is 0 Å². The van der Waals surface area contributed by atoms with Crippen LogP contribution in [-0.4, -0.2) is 52.3 Å². The molecule has 1 aliphatic rings. The molecule has 1 atom stereocenters. The molecule has 2 aromatic rings. The second-order valence-electron chi connectivity index (χ2n) is 6.41. The van der Waals surface area contributed by atoms with E-state index in [0.29, 0.717) is 10.9 Å². The number of halogens is 3. The minimum Gasteiger partial charge on any atom is -0.451 e. The monoisotopic (exact) mass is 369 g/mol. The minimum atomic E-state index is -4.51. The Labute approximate surface area is 147 Å². The summed E-state index contributed by atoms with van der Waals surface area (Å²) in [6, 6.07) is 6.29. The first-order valence-electron chi connectivity index (χ1n) is 8.22. The molecule has 1 aromatic heterocycles. The van der Waals surface area contributed by atoms with Gasteiger partial charge in [0.1, 0.15) is 6.54 Å². The molecule has 140 valence electrons. The predicted octanol–water partition coefficient (Wildman–Crippen LogP) is 2.91. The van der Waals surface area contributed by atoms with Crippen molar-refractivity contribution in [3.05, 3.63) is 30.0 Å². The fourth-order valence-corrected chi connectivity index (χ4v) is 2.88. The molecule has 3 rings (SSSR count). The number of nitrogens with one attached hydrogen (secondary N) is 1. The molecule has 0 radical (unpaired) electrons. The Morgan fingerprint density at radius 2 is 2.04 bits per heavy atom. The second kappa shape index (κ2) is 6.97. The van der Waals surface area contributed by atoms with Crippen molar-refractivity contribution in [2.24, 2.45) is 5.92 Å². The van der Waals surface area contributed by atoms with Gasteiger partial charge in [-0.05, 0) is 31.7 Å². The Bertz CT molecular complexity index is 814. The van der Waals surface area contributed by atoms with Gasteiger partial charge in [0, 0.05) is 11.4 Å². The van der Waals surface area contributed by atoms with E-state index < -0.39 is 37.2 Å². The lowest BCUT2D eigenvalue weighted by molar-refractivity contribution is -0.167. The molecule has 1 heterocycles. The van der Waals surface area contributed by atoms with Crippen LogP contribution in [0, 0.1) is 5.92 Å². The molecule has 0 aliphatic heterocycles. The van der Waals surface area contributed by atoms with Gasteiger partial charge in [0.15, 0.2) is 12.3 Å². The third kappa shape index (κ3) is 4.14. The fourth-order valence-electron chi connectivity index (χ4n) is 2.88. The summed E-state index contributed by atoms with van der Waals surface area (Å²) < 4.78 is 43.3. The Hall–Kier alpha value is -2.58. The number of alkyl halides is 3. The SMILES string of the molecule is C[C@H](C1CC1)N(CC(F)(F)F)C(=O)COC(=O)c1n[nH]c2ccccc12. The highest BCUT2D eigenvalue weighted by Crippen LogP contribution is 2.36. The Morgan fingerprint density at radius 3 is 2.69 bits per heavy atom. The number of para-hydroxylation sites is 1. The van der Waals surface area contributed by atoms with Gasteiger partial charge < -0.3 is 9.64 Å². The van der Waals surface area contributed by atoms with Crippen LogP contribution in [0.15, 0.2) is 24.3 Å². The number of H-pyrrole nitrogens is 1. The molecule has 0 spiro atoms. The zero-order valence-electron chi connectivity index (χ0n) is 14.0. The van der Waals surface area contributed by atoms with E-state index >= 15 is 0 Å². The first-order chi connectivity index (χ1) is 12.3. The summed E-state index contributed by atoms with van der Waals surface area (Å²) in [6.45, 7) is -0.524. The van der Waals surface area contributed by atoms with Gasteiger partial charge in [-0.1, -0.05) is 18.2 Å². The Kier molecular flexibility index (Phi) is 4.88. The standard InChI is InChI=1S/C17H18F3N3O3/c1-10(11-6-7-11)23(9-17(18,19)20)14(24)8-26-16(25)15-12-4-2-3-5-13(12)21-22-15/h2-5,10-11H,6-9H2,1H3,(H,21,22)/t10-/m1/s1. The molecule has 1 fully saturated rings. The molecule has 1 amide bonds. The fraction of sp³-hybridized carbons (Fsp3) is 0.471. The molecule has 0 saturated heterocycles. The molecular weight excluding hydrogens is 351 g/mol. The number of fused-ring (bicyclic) bond motifs is 1. The normalized spacial score (nSPS) is 15.7. The topological polar surface area (TPSA) is 75.3 Å². The first kappa shape index (κ1) is 18.2. The van der Waals surface area contributed by atoms with E-state index in [1.807, 2.05) is 0 Å². The molecular formula is C17H18F3N3O3. The predicted molar refractivity (Wildman–Crippen MR) is 86.3 cm³/mol. The molecule has 1 saturated carbocycles. The molecule has 1 aromatic carbocycles. The van der Waals surface area contributed by atoms with Gasteiger partial charge in [-0.25, -0.2) is 4.79 Å². The number of carbonyl (C=O) groups excluding carboxylic acids is 2. The summed E-state index contributed by atoms with van der Waals surface area (Å²) in [5, 5.41) is 7.02.